The van der Waals surface area contributed by atoms with Crippen LogP contribution in [0.5, 0.6) is 0 Å². The molecular formula is C25H39Cl2N3O3S2. The Hall–Kier alpha value is -0.510. The molecule has 0 spiro atoms. The van der Waals surface area contributed by atoms with Gasteiger partial charge in [0.2, 0.25) is 10.0 Å². The Balaban J connectivity index is 0.00000342. The molecule has 198 valence electrons. The van der Waals surface area contributed by atoms with Crippen LogP contribution in [0.2, 0.25) is 5.02 Å². The lowest BCUT2D eigenvalue weighted by Gasteiger charge is -2.41. The first-order chi connectivity index (χ1) is 16.3. The zero-order valence-corrected chi connectivity index (χ0v) is 23.5. The summed E-state index contributed by atoms with van der Waals surface area (Å²) in [7, 11) is -4.01. The van der Waals surface area contributed by atoms with Gasteiger partial charge >= 0.3 is 0 Å². The zero-order valence-electron chi connectivity index (χ0n) is 20.3. The molecule has 1 atom stereocenters. The van der Waals surface area contributed by atoms with E-state index in [0.717, 1.165) is 43.7 Å². The molecule has 1 saturated heterocycles. The summed E-state index contributed by atoms with van der Waals surface area (Å²) in [6.07, 6.45) is 16.4. The van der Waals surface area contributed by atoms with Crippen molar-refractivity contribution in [3.8, 4) is 0 Å². The molecule has 0 aromatic heterocycles. The average molecular weight is 565 g/mol. The van der Waals surface area contributed by atoms with Crippen molar-refractivity contribution in [2.24, 2.45) is 10.1 Å². The van der Waals surface area contributed by atoms with Crippen molar-refractivity contribution in [2.45, 2.75) is 113 Å². The number of nitrogens with two attached hydrogens (primary N) is 1. The third-order valence-corrected chi connectivity index (χ3v) is 10.0. The van der Waals surface area contributed by atoms with Crippen molar-refractivity contribution in [3.05, 3.63) is 28.8 Å². The molecule has 3 N–H and O–H groups in total. The van der Waals surface area contributed by atoms with Crippen LogP contribution in [0.15, 0.2) is 28.1 Å². The van der Waals surface area contributed by atoms with E-state index in [-0.39, 0.29) is 34.4 Å². The lowest BCUT2D eigenvalue weighted by Crippen LogP contribution is -2.51. The van der Waals surface area contributed by atoms with Gasteiger partial charge in [-0.2, -0.15) is 0 Å². The second-order valence-electron chi connectivity index (χ2n) is 10.1. The summed E-state index contributed by atoms with van der Waals surface area (Å²) >= 11 is 7.75. The van der Waals surface area contributed by atoms with Crippen molar-refractivity contribution in [1.82, 2.24) is 4.90 Å². The number of hydrogen-bond donors (Lipinski definition) is 2. The molecule has 1 heterocycles. The smallest absolute Gasteiger partial charge is 0.239 e. The van der Waals surface area contributed by atoms with Gasteiger partial charge in [0.25, 0.3) is 0 Å². The Morgan fingerprint density at radius 1 is 0.971 bits per heavy atom. The van der Waals surface area contributed by atoms with Gasteiger partial charge in [-0.05, 0) is 37.8 Å². The highest BCUT2D eigenvalue weighted by molar-refractivity contribution is 8.14. The van der Waals surface area contributed by atoms with Crippen molar-refractivity contribution in [3.63, 3.8) is 0 Å². The van der Waals surface area contributed by atoms with Crippen molar-refractivity contribution < 1.29 is 13.5 Å². The number of primary sulfonamides is 1. The molecule has 0 bridgehead atoms. The molecule has 1 aliphatic heterocycles. The van der Waals surface area contributed by atoms with Gasteiger partial charge in [0.05, 0.1) is 16.8 Å². The molecule has 35 heavy (non-hydrogen) atoms. The van der Waals surface area contributed by atoms with E-state index >= 15 is 0 Å². The second-order valence-corrected chi connectivity index (χ2v) is 13.0. The Morgan fingerprint density at radius 3 is 2.09 bits per heavy atom. The number of aliphatic imine (C=N–C) groups is 1. The minimum absolute atomic E-state index is 0. The first-order valence-corrected chi connectivity index (χ1v) is 15.8. The number of amidine groups is 1. The number of rotatable bonds is 4. The largest absolute Gasteiger partial charge is 0.366 e. The number of halogens is 2. The Bertz CT molecular complexity index is 976. The Morgan fingerprint density at radius 2 is 1.51 bits per heavy atom. The SMILES string of the molecule is Cl.NS(=O)(=O)c1cc(C2(O)CSC(=NC3CCCCCCC3)N2C2CCCCCCC2)ccc1Cl. The lowest BCUT2D eigenvalue weighted by molar-refractivity contribution is -0.0720. The molecule has 2 saturated carbocycles. The van der Waals surface area contributed by atoms with E-state index in [0.29, 0.717) is 11.3 Å². The van der Waals surface area contributed by atoms with Gasteiger partial charge in [0, 0.05) is 11.6 Å². The highest BCUT2D eigenvalue weighted by Gasteiger charge is 2.48. The van der Waals surface area contributed by atoms with Crippen LogP contribution in [0.3, 0.4) is 0 Å². The molecule has 0 amide bonds. The molecule has 3 fully saturated rings. The average Bonchev–Trinajstić information content (AvgIpc) is 3.06. The molecule has 0 radical (unpaired) electrons. The monoisotopic (exact) mass is 563 g/mol. The number of sulfonamides is 1. The fraction of sp³-hybridized carbons (Fsp3) is 0.720. The number of nitrogens with zero attached hydrogens (tertiary/aromatic N) is 2. The van der Waals surface area contributed by atoms with Crippen LogP contribution in [0.1, 0.15) is 95.5 Å². The van der Waals surface area contributed by atoms with E-state index < -0.39 is 15.7 Å². The summed E-state index contributed by atoms with van der Waals surface area (Å²) in [5.41, 5.74) is -0.836. The second kappa shape index (κ2) is 12.8. The van der Waals surface area contributed by atoms with Crippen molar-refractivity contribution >= 4 is 51.0 Å². The molecule has 1 aromatic rings. The van der Waals surface area contributed by atoms with Gasteiger partial charge < -0.3 is 10.0 Å². The summed E-state index contributed by atoms with van der Waals surface area (Å²) in [6.45, 7) is 0. The maximum absolute atomic E-state index is 12.2. The Kier molecular flexibility index (Phi) is 10.7. The van der Waals surface area contributed by atoms with E-state index in [1.54, 1.807) is 17.8 Å². The van der Waals surface area contributed by atoms with E-state index in [9.17, 15) is 13.5 Å². The highest BCUT2D eigenvalue weighted by Crippen LogP contribution is 2.44. The molecular weight excluding hydrogens is 525 g/mol. The number of aliphatic hydroxyl groups is 1. The number of hydrogen-bond acceptors (Lipinski definition) is 5. The van der Waals surface area contributed by atoms with Gasteiger partial charge in [0.1, 0.15) is 4.90 Å². The lowest BCUT2D eigenvalue weighted by atomic mass is 9.92. The van der Waals surface area contributed by atoms with Gasteiger partial charge in [-0.15, -0.1) is 12.4 Å². The molecule has 6 nitrogen and oxygen atoms in total. The maximum atomic E-state index is 12.2. The van der Waals surface area contributed by atoms with Gasteiger partial charge in [-0.1, -0.05) is 93.6 Å². The summed E-state index contributed by atoms with van der Waals surface area (Å²) in [6, 6.07) is 5.16. The van der Waals surface area contributed by atoms with Crippen LogP contribution in [0.4, 0.5) is 0 Å². The van der Waals surface area contributed by atoms with Crippen LogP contribution < -0.4 is 5.14 Å². The van der Waals surface area contributed by atoms with Gasteiger partial charge in [-0.25, -0.2) is 13.6 Å². The van der Waals surface area contributed by atoms with Crippen LogP contribution in [0, 0.1) is 0 Å². The predicted octanol–water partition coefficient (Wildman–Crippen LogP) is 6.18. The summed E-state index contributed by atoms with van der Waals surface area (Å²) in [5.74, 6) is 0.404. The normalized spacial score (nSPS) is 27.1. The van der Waals surface area contributed by atoms with Gasteiger partial charge in [-0.3, -0.25) is 4.99 Å². The molecule has 10 heteroatoms. The fourth-order valence-corrected chi connectivity index (χ4v) is 8.00. The van der Waals surface area contributed by atoms with Crippen molar-refractivity contribution in [1.29, 1.82) is 0 Å². The van der Waals surface area contributed by atoms with Crippen LogP contribution in [0.25, 0.3) is 0 Å². The third kappa shape index (κ3) is 7.08. The number of thioether (sulfide) groups is 1. The predicted molar refractivity (Wildman–Crippen MR) is 148 cm³/mol. The van der Waals surface area contributed by atoms with E-state index in [2.05, 4.69) is 4.90 Å². The summed E-state index contributed by atoms with van der Waals surface area (Å²) in [5, 5.41) is 18.6. The topological polar surface area (TPSA) is 96.0 Å². The van der Waals surface area contributed by atoms with Crippen LogP contribution in [-0.4, -0.2) is 41.4 Å². The van der Waals surface area contributed by atoms with E-state index in [1.807, 2.05) is 0 Å². The zero-order chi connectivity index (χ0) is 24.2. The molecule has 3 aliphatic rings. The minimum atomic E-state index is -4.01. The fourth-order valence-electron chi connectivity index (χ4n) is 5.63. The molecule has 4 rings (SSSR count). The van der Waals surface area contributed by atoms with Crippen molar-refractivity contribution in [2.75, 3.05) is 5.75 Å². The standard InChI is InChI=1S/C25H38ClN3O3S2.ClH/c26-22-16-15-19(17-23(22)34(27,31)32)25(30)18-33-24(28-20-11-7-3-1-4-8-12-20)29(25)21-13-9-5-2-6-10-14-21;/h15-17,20-21,30H,1-14,18H2,(H2,27,31,32);1H. The quantitative estimate of drug-likeness (QED) is 0.455. The summed E-state index contributed by atoms with van der Waals surface area (Å²) < 4.78 is 24.3. The van der Waals surface area contributed by atoms with Gasteiger partial charge in [0.15, 0.2) is 10.9 Å². The van der Waals surface area contributed by atoms with E-state index in [1.165, 1.54) is 63.5 Å². The first-order valence-electron chi connectivity index (χ1n) is 12.8. The molecule has 1 unspecified atom stereocenters. The Labute approximate surface area is 225 Å². The highest BCUT2D eigenvalue weighted by atomic mass is 35.5. The van der Waals surface area contributed by atoms with E-state index in [4.69, 9.17) is 21.7 Å². The maximum Gasteiger partial charge on any atom is 0.239 e. The van der Waals surface area contributed by atoms with Crippen LogP contribution >= 0.6 is 35.8 Å². The van der Waals surface area contributed by atoms with Crippen LogP contribution in [-0.2, 0) is 15.7 Å². The molecule has 1 aromatic carbocycles. The minimum Gasteiger partial charge on any atom is -0.366 e. The number of benzene rings is 1. The summed E-state index contributed by atoms with van der Waals surface area (Å²) in [4.78, 5) is 7.21. The molecule has 2 aliphatic carbocycles. The third-order valence-electron chi connectivity index (χ3n) is 7.51. The first kappa shape index (κ1) is 29.1.